The number of piperidine rings is 1. The maximum Gasteiger partial charge on any atom is 0.236 e. The van der Waals surface area contributed by atoms with E-state index in [-0.39, 0.29) is 5.91 Å². The molecule has 5 heteroatoms. The first kappa shape index (κ1) is 14.8. The van der Waals surface area contributed by atoms with Crippen molar-refractivity contribution in [3.8, 4) is 0 Å². The average Bonchev–Trinajstić information content (AvgIpc) is 2.42. The molecule has 110 valence electrons. The van der Waals surface area contributed by atoms with Crippen molar-refractivity contribution < 1.29 is 4.79 Å². The van der Waals surface area contributed by atoms with Crippen LogP contribution in [0.3, 0.4) is 0 Å². The van der Waals surface area contributed by atoms with Gasteiger partial charge in [0.1, 0.15) is 0 Å². The second-order valence-corrected chi connectivity index (χ2v) is 5.96. The van der Waals surface area contributed by atoms with E-state index >= 15 is 0 Å². The Balaban J connectivity index is 1.67. The summed E-state index contributed by atoms with van der Waals surface area (Å²) in [5, 5.41) is 2.94. The van der Waals surface area contributed by atoms with E-state index in [4.69, 9.17) is 0 Å². The molecule has 0 spiro atoms. The minimum Gasteiger partial charge on any atom is -0.339 e. The number of piperazine rings is 1. The molecule has 0 unspecified atom stereocenters. The summed E-state index contributed by atoms with van der Waals surface area (Å²) in [6.07, 6.45) is 2.66. The van der Waals surface area contributed by atoms with Crippen molar-refractivity contribution in [1.29, 1.82) is 0 Å². The minimum atomic E-state index is 0.237. The van der Waals surface area contributed by atoms with Crippen LogP contribution in [0.15, 0.2) is 0 Å². The van der Waals surface area contributed by atoms with Gasteiger partial charge in [-0.25, -0.2) is 0 Å². The molecule has 5 nitrogen and oxygen atoms in total. The molecule has 0 radical (unpaired) electrons. The third-order valence-corrected chi connectivity index (χ3v) is 4.41. The standard InChI is InChI=1S/C14H28N4O/c1-15-11-14(19)18-9-7-17(8-10-18)12-13-3-5-16(2)6-4-13/h13,15H,3-12H2,1-2H3. The summed E-state index contributed by atoms with van der Waals surface area (Å²) in [5.41, 5.74) is 0. The molecule has 0 aromatic rings. The molecule has 1 N–H and O–H groups in total. The van der Waals surface area contributed by atoms with Gasteiger partial charge >= 0.3 is 0 Å². The number of carbonyl (C=O) groups is 1. The zero-order chi connectivity index (χ0) is 13.7. The van der Waals surface area contributed by atoms with Gasteiger partial charge in [0, 0.05) is 32.7 Å². The van der Waals surface area contributed by atoms with Gasteiger partial charge in [-0.15, -0.1) is 0 Å². The number of likely N-dealkylation sites (N-methyl/N-ethyl adjacent to an activating group) is 1. The fourth-order valence-corrected chi connectivity index (χ4v) is 3.05. The molecule has 0 saturated carbocycles. The molecule has 19 heavy (non-hydrogen) atoms. The normalized spacial score (nSPS) is 23.8. The van der Waals surface area contributed by atoms with Crippen LogP contribution in [-0.2, 0) is 4.79 Å². The number of amides is 1. The quantitative estimate of drug-likeness (QED) is 0.759. The number of hydrogen-bond donors (Lipinski definition) is 1. The van der Waals surface area contributed by atoms with E-state index in [1.807, 2.05) is 11.9 Å². The van der Waals surface area contributed by atoms with Gasteiger partial charge in [-0.3, -0.25) is 9.69 Å². The summed E-state index contributed by atoms with van der Waals surface area (Å²) >= 11 is 0. The first-order valence-corrected chi connectivity index (χ1v) is 7.52. The van der Waals surface area contributed by atoms with Gasteiger partial charge in [-0.05, 0) is 45.9 Å². The molecule has 2 saturated heterocycles. The Labute approximate surface area is 116 Å². The van der Waals surface area contributed by atoms with Crippen LogP contribution < -0.4 is 5.32 Å². The number of carbonyl (C=O) groups excluding carboxylic acids is 1. The van der Waals surface area contributed by atoms with E-state index in [2.05, 4.69) is 22.2 Å². The van der Waals surface area contributed by atoms with Crippen molar-refractivity contribution in [2.75, 3.05) is 66.5 Å². The van der Waals surface area contributed by atoms with Crippen molar-refractivity contribution in [3.63, 3.8) is 0 Å². The van der Waals surface area contributed by atoms with Crippen LogP contribution in [0.5, 0.6) is 0 Å². The van der Waals surface area contributed by atoms with E-state index in [1.54, 1.807) is 0 Å². The lowest BCUT2D eigenvalue weighted by Crippen LogP contribution is -2.51. The predicted molar refractivity (Wildman–Crippen MR) is 77.2 cm³/mol. The third kappa shape index (κ3) is 4.44. The first-order chi connectivity index (χ1) is 9.19. The molecular formula is C14H28N4O. The highest BCUT2D eigenvalue weighted by molar-refractivity contribution is 5.78. The predicted octanol–water partition coefficient (Wildman–Crippen LogP) is -0.308. The topological polar surface area (TPSA) is 38.8 Å². The number of nitrogens with zero attached hydrogens (tertiary/aromatic N) is 3. The smallest absolute Gasteiger partial charge is 0.236 e. The van der Waals surface area contributed by atoms with E-state index in [0.29, 0.717) is 6.54 Å². The number of nitrogens with one attached hydrogen (secondary N) is 1. The van der Waals surface area contributed by atoms with Crippen molar-refractivity contribution >= 4 is 5.91 Å². The van der Waals surface area contributed by atoms with Gasteiger partial charge in [0.05, 0.1) is 6.54 Å². The second kappa shape index (κ2) is 7.22. The fraction of sp³-hybridized carbons (Fsp3) is 0.929. The number of rotatable bonds is 4. The molecule has 2 heterocycles. The maximum absolute atomic E-state index is 11.8. The lowest BCUT2D eigenvalue weighted by Gasteiger charge is -2.38. The Kier molecular flexibility index (Phi) is 5.60. The van der Waals surface area contributed by atoms with Crippen LogP contribution in [-0.4, -0.2) is 87.1 Å². The molecule has 2 aliphatic heterocycles. The molecule has 1 amide bonds. The molecular weight excluding hydrogens is 240 g/mol. The van der Waals surface area contributed by atoms with Gasteiger partial charge in [-0.1, -0.05) is 0 Å². The largest absolute Gasteiger partial charge is 0.339 e. The highest BCUT2D eigenvalue weighted by Crippen LogP contribution is 2.18. The SMILES string of the molecule is CNCC(=O)N1CCN(CC2CCN(C)CC2)CC1. The Hall–Kier alpha value is -0.650. The van der Waals surface area contributed by atoms with Crippen LogP contribution in [0.2, 0.25) is 0 Å². The Morgan fingerprint density at radius 2 is 1.74 bits per heavy atom. The molecule has 2 fully saturated rings. The van der Waals surface area contributed by atoms with E-state index in [1.165, 1.54) is 32.5 Å². The van der Waals surface area contributed by atoms with Crippen molar-refractivity contribution in [2.24, 2.45) is 5.92 Å². The molecule has 0 aromatic heterocycles. The Bertz CT molecular complexity index is 281. The van der Waals surface area contributed by atoms with E-state index < -0.39 is 0 Å². The minimum absolute atomic E-state index is 0.237. The molecule has 2 rings (SSSR count). The summed E-state index contributed by atoms with van der Waals surface area (Å²) < 4.78 is 0. The van der Waals surface area contributed by atoms with E-state index in [0.717, 1.165) is 32.1 Å². The van der Waals surface area contributed by atoms with Gasteiger partial charge in [0.2, 0.25) is 5.91 Å². The van der Waals surface area contributed by atoms with Gasteiger partial charge in [-0.2, -0.15) is 0 Å². The zero-order valence-electron chi connectivity index (χ0n) is 12.4. The second-order valence-electron chi connectivity index (χ2n) is 5.96. The highest BCUT2D eigenvalue weighted by Gasteiger charge is 2.24. The summed E-state index contributed by atoms with van der Waals surface area (Å²) in [4.78, 5) is 18.7. The number of hydrogen-bond acceptors (Lipinski definition) is 4. The van der Waals surface area contributed by atoms with Crippen LogP contribution >= 0.6 is 0 Å². The van der Waals surface area contributed by atoms with Crippen LogP contribution in [0, 0.1) is 5.92 Å². The number of likely N-dealkylation sites (tertiary alicyclic amines) is 1. The van der Waals surface area contributed by atoms with Crippen molar-refractivity contribution in [2.45, 2.75) is 12.8 Å². The average molecular weight is 268 g/mol. The van der Waals surface area contributed by atoms with Crippen LogP contribution in [0.1, 0.15) is 12.8 Å². The molecule has 2 aliphatic rings. The lowest BCUT2D eigenvalue weighted by molar-refractivity contribution is -0.131. The summed E-state index contributed by atoms with van der Waals surface area (Å²) in [5.74, 6) is 1.09. The molecule has 0 aliphatic carbocycles. The fourth-order valence-electron chi connectivity index (χ4n) is 3.05. The van der Waals surface area contributed by atoms with Gasteiger partial charge in [0.25, 0.3) is 0 Å². The monoisotopic (exact) mass is 268 g/mol. The van der Waals surface area contributed by atoms with Crippen LogP contribution in [0.4, 0.5) is 0 Å². The summed E-state index contributed by atoms with van der Waals surface area (Å²) in [6.45, 7) is 8.05. The van der Waals surface area contributed by atoms with Gasteiger partial charge < -0.3 is 15.1 Å². The highest BCUT2D eigenvalue weighted by atomic mass is 16.2. The summed E-state index contributed by atoms with van der Waals surface area (Å²) in [7, 11) is 4.04. The van der Waals surface area contributed by atoms with E-state index in [9.17, 15) is 4.79 Å². The third-order valence-electron chi connectivity index (χ3n) is 4.41. The molecule has 0 aromatic carbocycles. The van der Waals surface area contributed by atoms with Crippen molar-refractivity contribution in [1.82, 2.24) is 20.0 Å². The van der Waals surface area contributed by atoms with Gasteiger partial charge in [0.15, 0.2) is 0 Å². The zero-order valence-corrected chi connectivity index (χ0v) is 12.4. The summed E-state index contributed by atoms with van der Waals surface area (Å²) in [6, 6.07) is 0. The van der Waals surface area contributed by atoms with Crippen molar-refractivity contribution in [3.05, 3.63) is 0 Å². The maximum atomic E-state index is 11.8. The first-order valence-electron chi connectivity index (χ1n) is 7.52. The Morgan fingerprint density at radius 1 is 1.11 bits per heavy atom. The molecule has 0 atom stereocenters. The molecule has 0 bridgehead atoms. The Morgan fingerprint density at radius 3 is 2.32 bits per heavy atom. The lowest BCUT2D eigenvalue weighted by atomic mass is 9.96. The van der Waals surface area contributed by atoms with Crippen LogP contribution in [0.25, 0.3) is 0 Å².